The summed E-state index contributed by atoms with van der Waals surface area (Å²) < 4.78 is 0. The van der Waals surface area contributed by atoms with Gasteiger partial charge >= 0.3 is 0 Å². The first-order chi connectivity index (χ1) is 7.67. The van der Waals surface area contributed by atoms with E-state index in [0.29, 0.717) is 12.5 Å². The Morgan fingerprint density at radius 2 is 2.19 bits per heavy atom. The highest BCUT2D eigenvalue weighted by atomic mass is 16.2. The molecule has 1 aliphatic carbocycles. The zero-order chi connectivity index (χ0) is 12.0. The molecule has 0 aliphatic heterocycles. The summed E-state index contributed by atoms with van der Waals surface area (Å²) in [6.45, 7) is 1.88. The Balaban J connectivity index is 2.21. The van der Waals surface area contributed by atoms with Crippen LogP contribution in [0.15, 0.2) is 0 Å². The fraction of sp³-hybridized carbons (Fsp3) is 0.727. The fourth-order valence-corrected chi connectivity index (χ4v) is 1.34. The summed E-state index contributed by atoms with van der Waals surface area (Å²) in [6, 6.07) is 2.23. The first-order valence-electron chi connectivity index (χ1n) is 5.64. The topological polar surface area (TPSA) is 82.0 Å². The molecule has 0 aromatic carbocycles. The second kappa shape index (κ2) is 6.11. The molecule has 88 valence electrons. The SMILES string of the molecule is CCCC(C#N)C(=O)NCC(=O)NC1CC1. The molecular weight excluding hydrogens is 206 g/mol. The first kappa shape index (κ1) is 12.5. The number of hydrogen-bond donors (Lipinski definition) is 2. The average Bonchev–Trinajstić information content (AvgIpc) is 3.06. The summed E-state index contributed by atoms with van der Waals surface area (Å²) >= 11 is 0. The van der Waals surface area contributed by atoms with E-state index in [1.165, 1.54) is 0 Å². The van der Waals surface area contributed by atoms with Crippen LogP contribution in [0.2, 0.25) is 0 Å². The van der Waals surface area contributed by atoms with Crippen molar-refractivity contribution in [2.45, 2.75) is 38.6 Å². The Hall–Kier alpha value is -1.57. The maximum absolute atomic E-state index is 11.5. The highest BCUT2D eigenvalue weighted by molar-refractivity contribution is 5.87. The van der Waals surface area contributed by atoms with Crippen LogP contribution in [0.4, 0.5) is 0 Å². The molecule has 0 heterocycles. The van der Waals surface area contributed by atoms with Gasteiger partial charge in [-0.2, -0.15) is 5.26 Å². The van der Waals surface area contributed by atoms with Gasteiger partial charge in [-0.05, 0) is 19.3 Å². The van der Waals surface area contributed by atoms with Crippen LogP contribution in [0.25, 0.3) is 0 Å². The number of nitrogens with zero attached hydrogens (tertiary/aromatic N) is 1. The van der Waals surface area contributed by atoms with Crippen molar-refractivity contribution >= 4 is 11.8 Å². The highest BCUT2D eigenvalue weighted by Gasteiger charge is 2.23. The van der Waals surface area contributed by atoms with Crippen molar-refractivity contribution in [3.63, 3.8) is 0 Å². The maximum atomic E-state index is 11.5. The third-order valence-electron chi connectivity index (χ3n) is 2.42. The largest absolute Gasteiger partial charge is 0.352 e. The summed E-state index contributed by atoms with van der Waals surface area (Å²) in [5.41, 5.74) is 0. The van der Waals surface area contributed by atoms with Crippen LogP contribution in [0.5, 0.6) is 0 Å². The standard InChI is InChI=1S/C11H17N3O2/c1-2-3-8(6-12)11(16)13-7-10(15)14-9-4-5-9/h8-9H,2-5,7H2,1H3,(H,13,16)(H,14,15). The molecule has 0 radical (unpaired) electrons. The summed E-state index contributed by atoms with van der Waals surface area (Å²) in [5, 5.41) is 14.0. The normalized spacial score (nSPS) is 16.0. The van der Waals surface area contributed by atoms with E-state index in [1.54, 1.807) is 0 Å². The van der Waals surface area contributed by atoms with Crippen LogP contribution < -0.4 is 10.6 Å². The molecule has 0 spiro atoms. The fourth-order valence-electron chi connectivity index (χ4n) is 1.34. The minimum Gasteiger partial charge on any atom is -0.352 e. The number of hydrogen-bond acceptors (Lipinski definition) is 3. The van der Waals surface area contributed by atoms with Gasteiger partial charge in [0.15, 0.2) is 0 Å². The van der Waals surface area contributed by atoms with Gasteiger partial charge in [-0.15, -0.1) is 0 Å². The van der Waals surface area contributed by atoms with E-state index in [1.807, 2.05) is 13.0 Å². The predicted octanol–water partition coefficient (Wildman–Crippen LogP) is 0.321. The van der Waals surface area contributed by atoms with Gasteiger partial charge in [-0.25, -0.2) is 0 Å². The van der Waals surface area contributed by atoms with Crippen LogP contribution in [0.3, 0.4) is 0 Å². The van der Waals surface area contributed by atoms with Gasteiger partial charge in [0.1, 0.15) is 5.92 Å². The lowest BCUT2D eigenvalue weighted by Gasteiger charge is -2.09. The van der Waals surface area contributed by atoms with E-state index >= 15 is 0 Å². The minimum absolute atomic E-state index is 0.0305. The molecule has 2 N–H and O–H groups in total. The lowest BCUT2D eigenvalue weighted by atomic mass is 10.1. The van der Waals surface area contributed by atoms with Gasteiger partial charge in [0, 0.05) is 6.04 Å². The maximum Gasteiger partial charge on any atom is 0.239 e. The molecule has 5 heteroatoms. The van der Waals surface area contributed by atoms with Crippen LogP contribution in [0, 0.1) is 17.2 Å². The van der Waals surface area contributed by atoms with Crippen molar-refractivity contribution in [3.8, 4) is 6.07 Å². The third-order valence-corrected chi connectivity index (χ3v) is 2.42. The van der Waals surface area contributed by atoms with Gasteiger partial charge in [0.05, 0.1) is 12.6 Å². The molecule has 5 nitrogen and oxygen atoms in total. The summed E-state index contributed by atoms with van der Waals surface area (Å²) in [7, 11) is 0. The first-order valence-corrected chi connectivity index (χ1v) is 5.64. The average molecular weight is 223 g/mol. The van der Waals surface area contributed by atoms with Gasteiger partial charge in [0.2, 0.25) is 11.8 Å². The van der Waals surface area contributed by atoms with E-state index < -0.39 is 5.92 Å². The minimum atomic E-state index is -0.640. The number of carbonyl (C=O) groups is 2. The van der Waals surface area contributed by atoms with Crippen molar-refractivity contribution in [1.29, 1.82) is 5.26 Å². The van der Waals surface area contributed by atoms with E-state index in [0.717, 1.165) is 19.3 Å². The summed E-state index contributed by atoms with van der Waals surface area (Å²) in [5.74, 6) is -1.17. The van der Waals surface area contributed by atoms with E-state index in [4.69, 9.17) is 5.26 Å². The molecule has 1 aliphatic rings. The van der Waals surface area contributed by atoms with Crippen LogP contribution in [-0.2, 0) is 9.59 Å². The van der Waals surface area contributed by atoms with E-state index in [2.05, 4.69) is 10.6 Å². The lowest BCUT2D eigenvalue weighted by Crippen LogP contribution is -2.40. The molecule has 16 heavy (non-hydrogen) atoms. The summed E-state index contributed by atoms with van der Waals surface area (Å²) in [4.78, 5) is 22.7. The van der Waals surface area contributed by atoms with Crippen molar-refractivity contribution in [2.75, 3.05) is 6.54 Å². The van der Waals surface area contributed by atoms with Gasteiger partial charge in [-0.3, -0.25) is 9.59 Å². The molecule has 1 fully saturated rings. The molecule has 1 atom stereocenters. The quantitative estimate of drug-likeness (QED) is 0.680. The molecule has 0 aromatic heterocycles. The van der Waals surface area contributed by atoms with Crippen molar-refractivity contribution < 1.29 is 9.59 Å². The summed E-state index contributed by atoms with van der Waals surface area (Å²) in [6.07, 6.45) is 3.36. The highest BCUT2D eigenvalue weighted by Crippen LogP contribution is 2.18. The Morgan fingerprint density at radius 1 is 1.50 bits per heavy atom. The third kappa shape index (κ3) is 4.30. The second-order valence-electron chi connectivity index (χ2n) is 4.03. The molecular formula is C11H17N3O2. The molecule has 0 saturated heterocycles. The van der Waals surface area contributed by atoms with E-state index in [9.17, 15) is 9.59 Å². The Labute approximate surface area is 95.2 Å². The van der Waals surface area contributed by atoms with Crippen molar-refractivity contribution in [3.05, 3.63) is 0 Å². The molecule has 0 bridgehead atoms. The predicted molar refractivity (Wildman–Crippen MR) is 58.2 cm³/mol. The molecule has 1 rings (SSSR count). The monoisotopic (exact) mass is 223 g/mol. The molecule has 1 unspecified atom stereocenters. The molecule has 1 saturated carbocycles. The number of nitrogens with one attached hydrogen (secondary N) is 2. The van der Waals surface area contributed by atoms with Crippen LogP contribution in [-0.4, -0.2) is 24.4 Å². The number of nitriles is 1. The van der Waals surface area contributed by atoms with Gasteiger partial charge in [0.25, 0.3) is 0 Å². The number of rotatable bonds is 6. The van der Waals surface area contributed by atoms with Crippen molar-refractivity contribution in [2.24, 2.45) is 5.92 Å². The lowest BCUT2D eigenvalue weighted by molar-refractivity contribution is -0.127. The zero-order valence-electron chi connectivity index (χ0n) is 9.45. The number of carbonyl (C=O) groups excluding carboxylic acids is 2. The van der Waals surface area contributed by atoms with Gasteiger partial charge in [-0.1, -0.05) is 13.3 Å². The Bertz CT molecular complexity index is 305. The Kier molecular flexibility index (Phi) is 4.77. The van der Waals surface area contributed by atoms with Gasteiger partial charge < -0.3 is 10.6 Å². The smallest absolute Gasteiger partial charge is 0.239 e. The van der Waals surface area contributed by atoms with E-state index in [-0.39, 0.29) is 18.4 Å². The number of amides is 2. The van der Waals surface area contributed by atoms with Crippen LogP contribution in [0.1, 0.15) is 32.6 Å². The second-order valence-corrected chi connectivity index (χ2v) is 4.03. The molecule has 0 aromatic rings. The van der Waals surface area contributed by atoms with Crippen LogP contribution >= 0.6 is 0 Å². The molecule has 2 amide bonds. The van der Waals surface area contributed by atoms with Crippen molar-refractivity contribution in [1.82, 2.24) is 10.6 Å². The Morgan fingerprint density at radius 3 is 2.69 bits per heavy atom. The zero-order valence-corrected chi connectivity index (χ0v) is 9.45.